The molecule has 1 atom stereocenters. The number of allylic oxidation sites excluding steroid dienone is 1. The summed E-state index contributed by atoms with van der Waals surface area (Å²) in [7, 11) is 1.76. The van der Waals surface area contributed by atoms with Crippen LogP contribution in [-0.2, 0) is 10.7 Å². The monoisotopic (exact) mass is 462 g/mol. The van der Waals surface area contributed by atoms with Crippen LogP contribution in [0.2, 0.25) is 0 Å². The molecule has 2 aliphatic rings. The van der Waals surface area contributed by atoms with Crippen molar-refractivity contribution in [2.75, 3.05) is 13.7 Å². The van der Waals surface area contributed by atoms with Crippen LogP contribution in [-0.4, -0.2) is 26.1 Å². The molecular formula is C25H32F6O. The van der Waals surface area contributed by atoms with Gasteiger partial charge in [0.2, 0.25) is 0 Å². The molecule has 0 aliphatic heterocycles. The van der Waals surface area contributed by atoms with Crippen molar-refractivity contribution >= 4 is 6.08 Å². The van der Waals surface area contributed by atoms with E-state index in [1.54, 1.807) is 7.11 Å². The van der Waals surface area contributed by atoms with Crippen molar-refractivity contribution in [2.45, 2.75) is 69.6 Å². The van der Waals surface area contributed by atoms with Gasteiger partial charge in [0.1, 0.15) is 0 Å². The van der Waals surface area contributed by atoms with Crippen molar-refractivity contribution in [3.8, 4) is 0 Å². The minimum Gasteiger partial charge on any atom is -0.384 e. The third-order valence-corrected chi connectivity index (χ3v) is 7.24. The molecule has 0 heterocycles. The van der Waals surface area contributed by atoms with E-state index in [4.69, 9.17) is 4.74 Å². The summed E-state index contributed by atoms with van der Waals surface area (Å²) in [6.45, 7) is 0.861. The van der Waals surface area contributed by atoms with Gasteiger partial charge in [-0.15, -0.1) is 0 Å². The van der Waals surface area contributed by atoms with Crippen LogP contribution in [0.5, 0.6) is 0 Å². The number of halogens is 6. The molecular weight excluding hydrogens is 430 g/mol. The Morgan fingerprint density at radius 2 is 1.41 bits per heavy atom. The topological polar surface area (TPSA) is 9.23 Å². The Morgan fingerprint density at radius 1 is 0.875 bits per heavy atom. The predicted molar refractivity (Wildman–Crippen MR) is 113 cm³/mol. The molecule has 0 aromatic heterocycles. The number of rotatable bonds is 7. The zero-order valence-corrected chi connectivity index (χ0v) is 18.4. The molecule has 1 aromatic carbocycles. The summed E-state index contributed by atoms with van der Waals surface area (Å²) in [6.07, 6.45) is 3.67. The normalized spacial score (nSPS) is 28.7. The lowest BCUT2D eigenvalue weighted by Crippen LogP contribution is -2.39. The molecule has 3 rings (SSSR count). The summed E-state index contributed by atoms with van der Waals surface area (Å²) in [5.41, 5.74) is -0.356. The minimum absolute atomic E-state index is 0.414. The molecule has 1 nitrogen and oxygen atoms in total. The van der Waals surface area contributed by atoms with Gasteiger partial charge in [-0.3, -0.25) is 0 Å². The Balaban J connectivity index is 1.48. The summed E-state index contributed by atoms with van der Waals surface area (Å²) in [5.74, 6) is -1.92. The highest BCUT2D eigenvalue weighted by atomic mass is 19.4. The molecule has 2 saturated carbocycles. The van der Waals surface area contributed by atoms with Gasteiger partial charge in [-0.25, -0.2) is 4.39 Å². The lowest BCUT2D eigenvalue weighted by Gasteiger charge is -2.37. The molecule has 32 heavy (non-hydrogen) atoms. The van der Waals surface area contributed by atoms with Crippen LogP contribution >= 0.6 is 0 Å². The van der Waals surface area contributed by atoms with Crippen molar-refractivity contribution in [2.24, 2.45) is 23.7 Å². The Kier molecular flexibility index (Phi) is 8.34. The van der Waals surface area contributed by atoms with Crippen LogP contribution in [0.15, 0.2) is 30.3 Å². The van der Waals surface area contributed by atoms with E-state index in [0.717, 1.165) is 43.4 Å². The van der Waals surface area contributed by atoms with Crippen molar-refractivity contribution in [3.05, 3.63) is 41.5 Å². The second-order valence-electron chi connectivity index (χ2n) is 9.42. The summed E-state index contributed by atoms with van der Waals surface area (Å²) >= 11 is 0. The van der Waals surface area contributed by atoms with Gasteiger partial charge in [0.25, 0.3) is 6.17 Å². The number of benzene rings is 1. The molecule has 180 valence electrons. The maximum absolute atomic E-state index is 13.8. The zero-order valence-electron chi connectivity index (χ0n) is 18.4. The fourth-order valence-electron chi connectivity index (χ4n) is 5.29. The highest BCUT2D eigenvalue weighted by molar-refractivity contribution is 5.50. The zero-order chi connectivity index (χ0) is 23.4. The van der Waals surface area contributed by atoms with E-state index >= 15 is 0 Å². The number of methoxy groups -OCH3 is 1. The van der Waals surface area contributed by atoms with Crippen LogP contribution in [0.25, 0.3) is 6.08 Å². The van der Waals surface area contributed by atoms with Crippen LogP contribution in [0.3, 0.4) is 0 Å². The van der Waals surface area contributed by atoms with Crippen LogP contribution < -0.4 is 0 Å². The van der Waals surface area contributed by atoms with Gasteiger partial charge in [0.05, 0.1) is 0 Å². The molecule has 0 radical (unpaired) electrons. The van der Waals surface area contributed by atoms with Gasteiger partial charge in [0, 0.05) is 19.3 Å². The first-order chi connectivity index (χ1) is 15.1. The van der Waals surface area contributed by atoms with Gasteiger partial charge in [-0.1, -0.05) is 36.4 Å². The van der Waals surface area contributed by atoms with E-state index in [2.05, 4.69) is 6.08 Å². The molecule has 0 N–H and O–H groups in total. The molecule has 0 saturated heterocycles. The van der Waals surface area contributed by atoms with Gasteiger partial charge in [0.15, 0.2) is 0 Å². The Labute approximate surface area is 186 Å². The van der Waals surface area contributed by atoms with Crippen molar-refractivity contribution in [1.82, 2.24) is 0 Å². The van der Waals surface area contributed by atoms with Crippen LogP contribution in [0.4, 0.5) is 26.3 Å². The Hall–Kier alpha value is -1.50. The summed E-state index contributed by atoms with van der Waals surface area (Å²) in [5, 5.41) is 0. The molecule has 2 aliphatic carbocycles. The standard InChI is InChI=1S/C25H32F6O/c1-32-16-19-6-12-21(13-7-19)20-10-4-17(5-11-20)2-3-18-8-14-22(15-9-18)24(27,28)23(26)25(29,30)31/h2-3,8-9,14-15,17,19-21,23H,4-7,10-13,16H2,1H3. The maximum Gasteiger partial charge on any atom is 0.426 e. The molecule has 1 unspecified atom stereocenters. The molecule has 0 amide bonds. The third-order valence-electron chi connectivity index (χ3n) is 7.24. The van der Waals surface area contributed by atoms with Crippen LogP contribution in [0, 0.1) is 23.7 Å². The highest BCUT2D eigenvalue weighted by Crippen LogP contribution is 2.43. The fraction of sp³-hybridized carbons (Fsp3) is 0.680. The average molecular weight is 463 g/mol. The quantitative estimate of drug-likeness (QED) is 0.374. The Bertz CT molecular complexity index is 726. The first-order valence-corrected chi connectivity index (χ1v) is 11.5. The molecule has 2 fully saturated rings. The largest absolute Gasteiger partial charge is 0.426 e. The van der Waals surface area contributed by atoms with Crippen molar-refractivity contribution in [1.29, 1.82) is 0 Å². The van der Waals surface area contributed by atoms with E-state index in [0.29, 0.717) is 17.4 Å². The first-order valence-electron chi connectivity index (χ1n) is 11.5. The average Bonchev–Trinajstić information content (AvgIpc) is 2.78. The number of hydrogen-bond acceptors (Lipinski definition) is 1. The van der Waals surface area contributed by atoms with E-state index in [1.165, 1.54) is 50.7 Å². The van der Waals surface area contributed by atoms with E-state index in [1.807, 2.05) is 6.08 Å². The summed E-state index contributed by atoms with van der Waals surface area (Å²) in [4.78, 5) is 0. The first kappa shape index (κ1) is 25.1. The SMILES string of the molecule is COCC1CCC(C2CCC(C=Cc3ccc(C(F)(F)C(F)C(F)(F)F)cc3)CC2)CC1. The summed E-state index contributed by atoms with van der Waals surface area (Å²) < 4.78 is 83.1. The maximum atomic E-state index is 13.8. The lowest BCUT2D eigenvalue weighted by atomic mass is 9.69. The van der Waals surface area contributed by atoms with Crippen LogP contribution in [0.1, 0.15) is 62.5 Å². The molecule has 7 heteroatoms. The minimum atomic E-state index is -5.61. The number of ether oxygens (including phenoxy) is 1. The van der Waals surface area contributed by atoms with Gasteiger partial charge in [-0.05, 0) is 80.6 Å². The van der Waals surface area contributed by atoms with Crippen molar-refractivity contribution in [3.63, 3.8) is 0 Å². The van der Waals surface area contributed by atoms with Gasteiger partial charge in [-0.2, -0.15) is 22.0 Å². The van der Waals surface area contributed by atoms with E-state index in [-0.39, 0.29) is 0 Å². The summed E-state index contributed by atoms with van der Waals surface area (Å²) in [6, 6.07) is 4.36. The van der Waals surface area contributed by atoms with Crippen molar-refractivity contribution < 1.29 is 31.1 Å². The van der Waals surface area contributed by atoms with E-state index in [9.17, 15) is 26.3 Å². The highest BCUT2D eigenvalue weighted by Gasteiger charge is 2.57. The Morgan fingerprint density at radius 3 is 1.91 bits per heavy atom. The second kappa shape index (κ2) is 10.6. The number of hydrogen-bond donors (Lipinski definition) is 0. The molecule has 0 spiro atoms. The van der Waals surface area contributed by atoms with Gasteiger partial charge < -0.3 is 4.74 Å². The predicted octanol–water partition coefficient (Wildman–Crippen LogP) is 7.95. The lowest BCUT2D eigenvalue weighted by molar-refractivity contribution is -0.248. The fourth-order valence-corrected chi connectivity index (χ4v) is 5.29. The molecule has 1 aromatic rings. The number of alkyl halides is 6. The van der Waals surface area contributed by atoms with E-state index < -0.39 is 23.8 Å². The third kappa shape index (κ3) is 6.30. The van der Waals surface area contributed by atoms with Gasteiger partial charge >= 0.3 is 12.1 Å². The second-order valence-corrected chi connectivity index (χ2v) is 9.42. The smallest absolute Gasteiger partial charge is 0.384 e. The molecule has 0 bridgehead atoms.